The van der Waals surface area contributed by atoms with Crippen molar-refractivity contribution in [1.82, 2.24) is 13.7 Å². The van der Waals surface area contributed by atoms with E-state index in [1.54, 1.807) is 0 Å². The van der Waals surface area contributed by atoms with Crippen molar-refractivity contribution >= 4 is 71.1 Å². The minimum atomic E-state index is 0.593. The summed E-state index contributed by atoms with van der Waals surface area (Å²) in [5.74, 6) is 0. The SMILES string of the molecule is [C-]#[N+]c1ccc2c3ccccc3n(-c3cccc(-c4cccc(C#N)c4-n4c5ccccc5c5cc(-n6c7ccccc7c7ccccc76)ccc54)c3)c2c1. The maximum absolute atomic E-state index is 10.7. The Bertz CT molecular complexity index is 3420. The molecule has 0 spiro atoms. The molecule has 5 heteroatoms. The second kappa shape index (κ2) is 11.8. The highest BCUT2D eigenvalue weighted by Gasteiger charge is 2.21. The van der Waals surface area contributed by atoms with Gasteiger partial charge in [-0.3, -0.25) is 0 Å². The van der Waals surface area contributed by atoms with Gasteiger partial charge >= 0.3 is 0 Å². The van der Waals surface area contributed by atoms with E-state index in [2.05, 4.69) is 176 Å². The highest BCUT2D eigenvalue weighted by atomic mass is 15.0. The van der Waals surface area contributed by atoms with Crippen molar-refractivity contribution in [2.24, 2.45) is 0 Å². The lowest BCUT2D eigenvalue weighted by molar-refractivity contribution is 1.15. The van der Waals surface area contributed by atoms with E-state index in [0.717, 1.165) is 82.8 Å². The Morgan fingerprint density at radius 3 is 1.58 bits per heavy atom. The van der Waals surface area contributed by atoms with E-state index < -0.39 is 0 Å². The number of para-hydroxylation sites is 5. The molecule has 3 aromatic heterocycles. The van der Waals surface area contributed by atoms with Gasteiger partial charge in [-0.25, -0.2) is 4.85 Å². The first-order valence-corrected chi connectivity index (χ1v) is 18.3. The van der Waals surface area contributed by atoms with Gasteiger partial charge in [0.05, 0.1) is 45.4 Å². The van der Waals surface area contributed by atoms with Crippen LogP contribution in [0.5, 0.6) is 0 Å². The molecular formula is C50H29N5. The van der Waals surface area contributed by atoms with Gasteiger partial charge in [0, 0.05) is 54.8 Å². The van der Waals surface area contributed by atoms with Crippen molar-refractivity contribution in [3.05, 3.63) is 193 Å². The van der Waals surface area contributed by atoms with Crippen molar-refractivity contribution in [1.29, 1.82) is 5.26 Å². The molecule has 8 aromatic carbocycles. The third kappa shape index (κ3) is 4.45. The van der Waals surface area contributed by atoms with Gasteiger partial charge in [-0.2, -0.15) is 5.26 Å². The molecule has 0 unspecified atom stereocenters. The maximum Gasteiger partial charge on any atom is 0.189 e. The largest absolute Gasteiger partial charge is 0.310 e. The summed E-state index contributed by atoms with van der Waals surface area (Å²) in [5.41, 5.74) is 12.5. The molecular weight excluding hydrogens is 671 g/mol. The number of nitrogens with zero attached hydrogens (tertiary/aromatic N) is 5. The fraction of sp³-hybridized carbons (Fsp3) is 0. The predicted octanol–water partition coefficient (Wildman–Crippen LogP) is 13.1. The summed E-state index contributed by atoms with van der Waals surface area (Å²) in [6, 6.07) is 63.7. The molecule has 0 saturated heterocycles. The molecule has 0 atom stereocenters. The van der Waals surface area contributed by atoms with Crippen LogP contribution in [-0.4, -0.2) is 13.7 Å². The first kappa shape index (κ1) is 30.7. The van der Waals surface area contributed by atoms with Crippen molar-refractivity contribution < 1.29 is 0 Å². The minimum Gasteiger partial charge on any atom is -0.310 e. The molecule has 3 heterocycles. The molecule has 0 amide bonds. The van der Waals surface area contributed by atoms with E-state index in [1.807, 2.05) is 24.3 Å². The van der Waals surface area contributed by atoms with E-state index >= 15 is 0 Å². The third-order valence-corrected chi connectivity index (χ3v) is 11.1. The Kier molecular flexibility index (Phi) is 6.61. The molecule has 0 bridgehead atoms. The highest BCUT2D eigenvalue weighted by Crippen LogP contribution is 2.41. The monoisotopic (exact) mass is 699 g/mol. The summed E-state index contributed by atoms with van der Waals surface area (Å²) in [5, 5.41) is 17.6. The molecule has 254 valence electrons. The number of aromatic nitrogens is 3. The number of fused-ring (bicyclic) bond motifs is 9. The topological polar surface area (TPSA) is 42.9 Å². The van der Waals surface area contributed by atoms with Crippen LogP contribution in [0.15, 0.2) is 176 Å². The lowest BCUT2D eigenvalue weighted by atomic mass is 9.99. The average Bonchev–Trinajstić information content (AvgIpc) is 3.88. The Morgan fingerprint density at radius 1 is 0.418 bits per heavy atom. The summed E-state index contributed by atoms with van der Waals surface area (Å²) in [4.78, 5) is 3.75. The fourth-order valence-electron chi connectivity index (χ4n) is 8.77. The van der Waals surface area contributed by atoms with E-state index in [9.17, 15) is 5.26 Å². The van der Waals surface area contributed by atoms with Crippen molar-refractivity contribution in [3.8, 4) is 34.3 Å². The Labute approximate surface area is 316 Å². The number of nitriles is 1. The van der Waals surface area contributed by atoms with Crippen LogP contribution in [-0.2, 0) is 0 Å². The van der Waals surface area contributed by atoms with Gasteiger partial charge in [-0.1, -0.05) is 109 Å². The number of hydrogen-bond donors (Lipinski definition) is 0. The van der Waals surface area contributed by atoms with Crippen molar-refractivity contribution in [2.45, 2.75) is 0 Å². The molecule has 0 radical (unpaired) electrons. The van der Waals surface area contributed by atoms with E-state index in [1.165, 1.54) is 10.8 Å². The Morgan fingerprint density at radius 2 is 0.945 bits per heavy atom. The standard InChI is InChI=1S/C50H29N5/c1-52-34-24-26-42-40-17-4-8-22-46(40)54(49(42)29-34)35-14-10-12-32(28-35)37-19-11-13-33(31-51)50(37)55-47-23-9-5-18-41(47)43-30-36(25-27-48(43)55)53-44-20-6-2-15-38(44)39-16-3-7-21-45(39)53/h2-30H. The molecule has 11 aromatic rings. The number of hydrogen-bond acceptors (Lipinski definition) is 1. The van der Waals surface area contributed by atoms with Crippen LogP contribution in [0.2, 0.25) is 0 Å². The Balaban J connectivity index is 1.15. The summed E-state index contributed by atoms with van der Waals surface area (Å²) in [6.07, 6.45) is 0. The van der Waals surface area contributed by atoms with Crippen LogP contribution < -0.4 is 0 Å². The van der Waals surface area contributed by atoms with Crippen LogP contribution >= 0.6 is 0 Å². The lowest BCUT2D eigenvalue weighted by Crippen LogP contribution is -2.02. The molecule has 0 aliphatic carbocycles. The summed E-state index contributed by atoms with van der Waals surface area (Å²) >= 11 is 0. The molecule has 0 aliphatic heterocycles. The van der Waals surface area contributed by atoms with E-state index in [4.69, 9.17) is 6.57 Å². The smallest absolute Gasteiger partial charge is 0.189 e. The highest BCUT2D eigenvalue weighted by molar-refractivity contribution is 6.13. The fourth-order valence-corrected chi connectivity index (χ4v) is 8.77. The lowest BCUT2D eigenvalue weighted by Gasteiger charge is -2.17. The van der Waals surface area contributed by atoms with Crippen molar-refractivity contribution in [3.63, 3.8) is 0 Å². The average molecular weight is 700 g/mol. The molecule has 0 aliphatic rings. The predicted molar refractivity (Wildman–Crippen MR) is 226 cm³/mol. The molecule has 0 N–H and O–H groups in total. The van der Waals surface area contributed by atoms with Gasteiger partial charge in [0.15, 0.2) is 5.69 Å². The maximum atomic E-state index is 10.7. The zero-order chi connectivity index (χ0) is 36.6. The summed E-state index contributed by atoms with van der Waals surface area (Å²) in [7, 11) is 0. The number of benzene rings is 8. The second-order valence-electron chi connectivity index (χ2n) is 14.0. The summed E-state index contributed by atoms with van der Waals surface area (Å²) in [6.45, 7) is 7.72. The van der Waals surface area contributed by atoms with Gasteiger partial charge in [0.2, 0.25) is 0 Å². The van der Waals surface area contributed by atoms with Gasteiger partial charge in [0.25, 0.3) is 0 Å². The van der Waals surface area contributed by atoms with Gasteiger partial charge in [-0.15, -0.1) is 0 Å². The van der Waals surface area contributed by atoms with Gasteiger partial charge < -0.3 is 13.7 Å². The number of rotatable bonds is 4. The van der Waals surface area contributed by atoms with E-state index in [0.29, 0.717) is 11.3 Å². The molecule has 5 nitrogen and oxygen atoms in total. The summed E-state index contributed by atoms with van der Waals surface area (Å²) < 4.78 is 6.86. The zero-order valence-corrected chi connectivity index (χ0v) is 29.5. The molecule has 0 fully saturated rings. The van der Waals surface area contributed by atoms with Crippen LogP contribution in [0.25, 0.3) is 98.5 Å². The minimum absolute atomic E-state index is 0.593. The van der Waals surface area contributed by atoms with Crippen LogP contribution in [0.4, 0.5) is 5.69 Å². The third-order valence-electron chi connectivity index (χ3n) is 11.1. The van der Waals surface area contributed by atoms with Crippen LogP contribution in [0.3, 0.4) is 0 Å². The van der Waals surface area contributed by atoms with Crippen LogP contribution in [0.1, 0.15) is 5.56 Å². The van der Waals surface area contributed by atoms with Gasteiger partial charge in [-0.05, 0) is 72.3 Å². The zero-order valence-electron chi connectivity index (χ0n) is 29.5. The van der Waals surface area contributed by atoms with Crippen molar-refractivity contribution in [2.75, 3.05) is 0 Å². The normalized spacial score (nSPS) is 11.6. The molecule has 11 rings (SSSR count). The Hall–Kier alpha value is -7.86. The van der Waals surface area contributed by atoms with Crippen LogP contribution in [0, 0.1) is 17.9 Å². The quantitative estimate of drug-likeness (QED) is 0.169. The van der Waals surface area contributed by atoms with Gasteiger partial charge in [0.1, 0.15) is 6.07 Å². The first-order chi connectivity index (χ1) is 27.2. The molecule has 55 heavy (non-hydrogen) atoms. The second-order valence-corrected chi connectivity index (χ2v) is 14.0. The van der Waals surface area contributed by atoms with E-state index in [-0.39, 0.29) is 0 Å². The molecule has 0 saturated carbocycles. The first-order valence-electron chi connectivity index (χ1n) is 18.3.